The number of esters is 1. The summed E-state index contributed by atoms with van der Waals surface area (Å²) in [5.74, 6) is -0.862. The zero-order valence-corrected chi connectivity index (χ0v) is 23.0. The van der Waals surface area contributed by atoms with E-state index in [1.165, 1.54) is 25.2 Å². The van der Waals surface area contributed by atoms with Crippen molar-refractivity contribution in [3.63, 3.8) is 0 Å². The van der Waals surface area contributed by atoms with Crippen LogP contribution in [0.5, 0.6) is 0 Å². The first kappa shape index (κ1) is 33.4. The Morgan fingerprint density at radius 2 is 1.15 bits per heavy atom. The number of hydrogen-bond donors (Lipinski definition) is 2. The zero-order chi connectivity index (χ0) is 25.6. The van der Waals surface area contributed by atoms with Gasteiger partial charge in [0.25, 0.3) is 0 Å². The molecule has 0 spiro atoms. The van der Waals surface area contributed by atoms with Crippen molar-refractivity contribution < 1.29 is 29.3 Å². The van der Waals surface area contributed by atoms with Crippen LogP contribution in [0.3, 0.4) is 0 Å². The molecule has 2 aromatic rings. The molecular weight excluding hydrogens is 580 g/mol. The van der Waals surface area contributed by atoms with Gasteiger partial charge in [0.1, 0.15) is 0 Å². The molecule has 2 rings (SSSR count). The van der Waals surface area contributed by atoms with Gasteiger partial charge in [-0.1, -0.05) is 56.1 Å². The minimum atomic E-state index is -0.725. The van der Waals surface area contributed by atoms with Crippen LogP contribution < -0.4 is 0 Å². The second-order valence-corrected chi connectivity index (χ2v) is 8.76. The topological polar surface area (TPSA) is 101 Å². The number of carbonyl (C=O) groups excluding carboxylic acids is 2. The van der Waals surface area contributed by atoms with Gasteiger partial charge in [0.2, 0.25) is 5.24 Å². The van der Waals surface area contributed by atoms with E-state index in [9.17, 15) is 14.4 Å². The number of aliphatic hydroxyl groups is 1. The summed E-state index contributed by atoms with van der Waals surface area (Å²) < 4.78 is 6.69. The molecule has 0 saturated heterocycles. The number of methoxy groups -OCH3 is 1. The molecule has 0 atom stereocenters. The first-order valence-electron chi connectivity index (χ1n) is 10.0. The van der Waals surface area contributed by atoms with Crippen LogP contribution in [0.25, 0.3) is 0 Å². The molecule has 9 heteroatoms. The number of aryl methyl sites for hydroxylation is 2. The molecule has 0 amide bonds. The first-order chi connectivity index (χ1) is 15.6. The van der Waals surface area contributed by atoms with Gasteiger partial charge in [-0.3, -0.25) is 14.4 Å². The van der Waals surface area contributed by atoms with Gasteiger partial charge in [-0.25, -0.2) is 0 Å². The number of carbonyl (C=O) groups is 3. The summed E-state index contributed by atoms with van der Waals surface area (Å²) in [4.78, 5) is 30.3. The molecule has 0 aliphatic rings. The number of ether oxygens (including phenoxy) is 1. The Kier molecular flexibility index (Phi) is 22.4. The maximum Gasteiger partial charge on any atom is 0.305 e. The third kappa shape index (κ3) is 23.2. The number of aliphatic hydroxyl groups excluding tert-OH is 1. The summed E-state index contributed by atoms with van der Waals surface area (Å²) in [7, 11) is 2.42. The van der Waals surface area contributed by atoms with E-state index in [0.717, 1.165) is 35.3 Å². The first-order valence-corrected chi connectivity index (χ1v) is 12.0. The highest BCUT2D eigenvalue weighted by molar-refractivity contribution is 9.10. The van der Waals surface area contributed by atoms with E-state index in [0.29, 0.717) is 12.8 Å². The van der Waals surface area contributed by atoms with Gasteiger partial charge in [0, 0.05) is 35.8 Å². The highest BCUT2D eigenvalue weighted by atomic mass is 79.9. The van der Waals surface area contributed by atoms with Crippen molar-refractivity contribution in [2.24, 2.45) is 0 Å². The van der Waals surface area contributed by atoms with Gasteiger partial charge in [-0.2, -0.15) is 0 Å². The minimum Gasteiger partial charge on any atom is -0.481 e. The lowest BCUT2D eigenvalue weighted by atomic mass is 10.1. The quantitative estimate of drug-likeness (QED) is 0.274. The summed E-state index contributed by atoms with van der Waals surface area (Å²) in [6.45, 7) is 1.29. The summed E-state index contributed by atoms with van der Waals surface area (Å²) in [5.41, 5.74) is 2.43. The van der Waals surface area contributed by atoms with Crippen LogP contribution in [0, 0.1) is 0 Å². The van der Waals surface area contributed by atoms with Crippen molar-refractivity contribution in [3.8, 4) is 0 Å². The van der Waals surface area contributed by atoms with Crippen LogP contribution in [0.4, 0.5) is 0 Å². The largest absolute Gasteiger partial charge is 0.481 e. The molecule has 0 aliphatic heterocycles. The van der Waals surface area contributed by atoms with Gasteiger partial charge in [-0.05, 0) is 72.7 Å². The second kappa shape index (κ2) is 22.1. The fraction of sp³-hybridized carbons (Fsp3) is 0.375. The highest BCUT2D eigenvalue weighted by Gasteiger charge is 2.00. The number of carboxylic acids is 1. The molecule has 0 bridgehead atoms. The lowest BCUT2D eigenvalue weighted by Gasteiger charge is -2.00. The second-order valence-electron chi connectivity index (χ2n) is 6.40. The zero-order valence-electron chi connectivity index (χ0n) is 19.0. The van der Waals surface area contributed by atoms with Crippen LogP contribution in [-0.2, 0) is 32.0 Å². The predicted octanol–water partition coefficient (Wildman–Crippen LogP) is 6.18. The third-order valence-electron chi connectivity index (χ3n) is 3.76. The standard InChI is InChI=1S/C11H13BrO2.C10H11BrO2.C2H3ClO.CH4O/c1-14-11(13)4-2-3-9-5-7-10(12)8-6-9;11-9-6-4-8(5-7-9)2-1-3-10(12)13;1-2(3)4;1-2/h5-8H,2-4H2,1H3;4-7H,1-3H2,(H,12,13);1H3;2H,1H3. The summed E-state index contributed by atoms with van der Waals surface area (Å²) in [5, 5.41) is 15.1. The number of carboxylic acid groups (broad SMARTS) is 1. The number of rotatable bonds is 8. The SMILES string of the molecule is CC(=O)Cl.CO.COC(=O)CCCc1ccc(Br)cc1.O=C(O)CCCc1ccc(Br)cc1. The lowest BCUT2D eigenvalue weighted by molar-refractivity contribution is -0.140. The molecule has 0 unspecified atom stereocenters. The van der Waals surface area contributed by atoms with E-state index < -0.39 is 5.97 Å². The molecule has 0 heterocycles. The fourth-order valence-electron chi connectivity index (χ4n) is 2.28. The van der Waals surface area contributed by atoms with Crippen molar-refractivity contribution >= 4 is 60.6 Å². The summed E-state index contributed by atoms with van der Waals surface area (Å²) in [6, 6.07) is 16.1. The van der Waals surface area contributed by atoms with Crippen molar-refractivity contribution in [1.82, 2.24) is 0 Å². The van der Waals surface area contributed by atoms with Crippen LogP contribution >= 0.6 is 43.5 Å². The Morgan fingerprint density at radius 3 is 1.45 bits per heavy atom. The van der Waals surface area contributed by atoms with E-state index >= 15 is 0 Å². The number of halogens is 3. The molecule has 0 saturated carbocycles. The maximum atomic E-state index is 10.8. The molecule has 0 aromatic heterocycles. The van der Waals surface area contributed by atoms with Gasteiger partial charge < -0.3 is 14.9 Å². The smallest absolute Gasteiger partial charge is 0.305 e. The number of benzene rings is 2. The van der Waals surface area contributed by atoms with Crippen molar-refractivity contribution in [2.75, 3.05) is 14.2 Å². The van der Waals surface area contributed by atoms with E-state index in [1.807, 2.05) is 36.4 Å². The molecule has 184 valence electrons. The average molecular weight is 611 g/mol. The van der Waals surface area contributed by atoms with Gasteiger partial charge in [0.05, 0.1) is 7.11 Å². The Balaban J connectivity index is 0. The van der Waals surface area contributed by atoms with E-state index in [-0.39, 0.29) is 17.6 Å². The van der Waals surface area contributed by atoms with Crippen LogP contribution in [-0.4, -0.2) is 41.6 Å². The minimum absolute atomic E-state index is 0.137. The Bertz CT molecular complexity index is 792. The summed E-state index contributed by atoms with van der Waals surface area (Å²) in [6.07, 6.45) is 4.04. The molecule has 0 aliphatic carbocycles. The molecule has 2 N–H and O–H groups in total. The van der Waals surface area contributed by atoms with E-state index in [1.54, 1.807) is 0 Å². The van der Waals surface area contributed by atoms with E-state index in [4.69, 9.17) is 10.2 Å². The average Bonchev–Trinajstić information content (AvgIpc) is 2.77. The van der Waals surface area contributed by atoms with Crippen molar-refractivity contribution in [3.05, 3.63) is 68.6 Å². The third-order valence-corrected chi connectivity index (χ3v) is 4.81. The Morgan fingerprint density at radius 1 is 0.818 bits per heavy atom. The van der Waals surface area contributed by atoms with Gasteiger partial charge in [0.15, 0.2) is 0 Å². The molecule has 33 heavy (non-hydrogen) atoms. The molecule has 6 nitrogen and oxygen atoms in total. The lowest BCUT2D eigenvalue weighted by Crippen LogP contribution is -2.00. The van der Waals surface area contributed by atoms with Crippen molar-refractivity contribution in [2.45, 2.75) is 45.4 Å². The predicted molar refractivity (Wildman–Crippen MR) is 138 cm³/mol. The molecule has 2 aromatic carbocycles. The van der Waals surface area contributed by atoms with Crippen LogP contribution in [0.1, 0.15) is 43.7 Å². The van der Waals surface area contributed by atoms with Crippen molar-refractivity contribution in [1.29, 1.82) is 0 Å². The maximum absolute atomic E-state index is 10.8. The normalized spacial score (nSPS) is 9.06. The highest BCUT2D eigenvalue weighted by Crippen LogP contribution is 2.13. The monoisotopic (exact) mass is 608 g/mol. The van der Waals surface area contributed by atoms with Crippen LogP contribution in [0.15, 0.2) is 57.5 Å². The molecule has 0 radical (unpaired) electrons. The van der Waals surface area contributed by atoms with Gasteiger partial charge in [-0.15, -0.1) is 0 Å². The van der Waals surface area contributed by atoms with Gasteiger partial charge >= 0.3 is 11.9 Å². The molecular formula is C24H31Br2ClO6. The molecule has 0 fully saturated rings. The summed E-state index contributed by atoms with van der Waals surface area (Å²) >= 11 is 11.4. The van der Waals surface area contributed by atoms with E-state index in [2.05, 4.69) is 60.3 Å². The Labute approximate surface area is 217 Å². The number of hydrogen-bond acceptors (Lipinski definition) is 5. The fourth-order valence-corrected chi connectivity index (χ4v) is 2.81. The Hall–Kier alpha value is -1.74. The van der Waals surface area contributed by atoms with Crippen LogP contribution in [0.2, 0.25) is 0 Å². The number of aliphatic carboxylic acids is 1.